The molecular weight excluding hydrogens is 448 g/mol. The lowest BCUT2D eigenvalue weighted by molar-refractivity contribution is 0.0939. The first-order chi connectivity index (χ1) is 15.2. The van der Waals surface area contributed by atoms with Gasteiger partial charge in [-0.15, -0.1) is 0 Å². The lowest BCUT2D eigenvalue weighted by atomic mass is 10.1. The maximum atomic E-state index is 13.3. The lowest BCUT2D eigenvalue weighted by Gasteiger charge is -2.22. The molecule has 0 radical (unpaired) electrons. The fraction of sp³-hybridized carbons (Fsp3) is 0.208. The zero-order valence-corrected chi connectivity index (χ0v) is 19.9. The Morgan fingerprint density at radius 3 is 2.41 bits per heavy atom. The summed E-state index contributed by atoms with van der Waals surface area (Å²) in [5.74, 6) is 0.0455. The zero-order chi connectivity index (χ0) is 23.5. The summed E-state index contributed by atoms with van der Waals surface area (Å²) >= 11 is 6.24. The first-order valence-electron chi connectivity index (χ1n) is 9.94. The molecule has 0 spiro atoms. The van der Waals surface area contributed by atoms with Crippen LogP contribution in [0.4, 0.5) is 5.69 Å². The number of halogens is 1. The third-order valence-corrected chi connectivity index (χ3v) is 7.37. The summed E-state index contributed by atoms with van der Waals surface area (Å²) in [4.78, 5) is 13.0. The largest absolute Gasteiger partial charge is 0.495 e. The van der Waals surface area contributed by atoms with Crippen molar-refractivity contribution in [3.63, 3.8) is 0 Å². The molecule has 0 heterocycles. The van der Waals surface area contributed by atoms with Crippen LogP contribution in [0.25, 0.3) is 0 Å². The van der Waals surface area contributed by atoms with Gasteiger partial charge in [-0.3, -0.25) is 9.10 Å². The predicted molar refractivity (Wildman–Crippen MR) is 127 cm³/mol. The highest BCUT2D eigenvalue weighted by molar-refractivity contribution is 7.92. The predicted octanol–water partition coefficient (Wildman–Crippen LogP) is 4.97. The molecule has 3 rings (SSSR count). The molecule has 0 saturated carbocycles. The van der Waals surface area contributed by atoms with Crippen LogP contribution in [0.5, 0.6) is 5.75 Å². The monoisotopic (exact) mass is 472 g/mol. The van der Waals surface area contributed by atoms with Gasteiger partial charge in [0.05, 0.1) is 23.7 Å². The second-order valence-electron chi connectivity index (χ2n) is 7.34. The molecule has 0 bridgehead atoms. The topological polar surface area (TPSA) is 75.7 Å². The number of hydrogen-bond acceptors (Lipinski definition) is 4. The maximum absolute atomic E-state index is 13.3. The van der Waals surface area contributed by atoms with Crippen LogP contribution in [0.3, 0.4) is 0 Å². The van der Waals surface area contributed by atoms with Crippen LogP contribution in [-0.2, 0) is 10.0 Å². The normalized spacial score (nSPS) is 12.2. The molecule has 0 aliphatic heterocycles. The summed E-state index contributed by atoms with van der Waals surface area (Å²) in [6, 6.07) is 18.2. The van der Waals surface area contributed by atoms with Gasteiger partial charge in [0.15, 0.2) is 0 Å². The number of para-hydroxylation sites is 2. The van der Waals surface area contributed by atoms with E-state index in [1.807, 2.05) is 25.1 Å². The number of aryl methyl sites for hydroxylation is 1. The van der Waals surface area contributed by atoms with Gasteiger partial charge in [0, 0.05) is 17.6 Å². The van der Waals surface area contributed by atoms with Crippen LogP contribution < -0.4 is 14.4 Å². The highest BCUT2D eigenvalue weighted by Crippen LogP contribution is 2.31. The standard InChI is InChI=1S/C24H25ClN2O4S/c1-16-13-14-18(32(29,30)27(3)22-11-7-8-12-23(22)31-4)15-20(16)24(28)26-17(2)19-9-5-6-10-21(19)25/h5-15,17H,1-4H3,(H,26,28). The molecule has 0 aromatic heterocycles. The van der Waals surface area contributed by atoms with Crippen LogP contribution in [0, 0.1) is 6.92 Å². The number of anilines is 1. The minimum atomic E-state index is -3.93. The van der Waals surface area contributed by atoms with Crippen LogP contribution in [0.1, 0.15) is 34.5 Å². The molecule has 8 heteroatoms. The average molecular weight is 473 g/mol. The summed E-state index contributed by atoms with van der Waals surface area (Å²) in [6.07, 6.45) is 0. The molecule has 0 aliphatic carbocycles. The number of rotatable bonds is 7. The Kier molecular flexibility index (Phi) is 7.11. The highest BCUT2D eigenvalue weighted by atomic mass is 35.5. The summed E-state index contributed by atoms with van der Waals surface area (Å²) in [7, 11) is -1.00. The fourth-order valence-corrected chi connectivity index (χ4v) is 4.89. The number of sulfonamides is 1. The van der Waals surface area contributed by atoms with E-state index in [1.165, 1.54) is 26.3 Å². The number of ether oxygens (including phenoxy) is 1. The minimum absolute atomic E-state index is 0.00653. The van der Waals surface area contributed by atoms with Crippen molar-refractivity contribution in [2.75, 3.05) is 18.5 Å². The average Bonchev–Trinajstić information content (AvgIpc) is 2.78. The number of nitrogens with zero attached hydrogens (tertiary/aromatic N) is 1. The van der Waals surface area contributed by atoms with E-state index in [2.05, 4.69) is 5.32 Å². The molecule has 3 aromatic carbocycles. The Bertz CT molecular complexity index is 1240. The zero-order valence-electron chi connectivity index (χ0n) is 18.3. The molecule has 3 aromatic rings. The van der Waals surface area contributed by atoms with Crippen molar-refractivity contribution in [3.8, 4) is 5.75 Å². The quantitative estimate of drug-likeness (QED) is 0.526. The van der Waals surface area contributed by atoms with Gasteiger partial charge < -0.3 is 10.1 Å². The molecule has 0 aliphatic rings. The fourth-order valence-electron chi connectivity index (χ4n) is 3.36. The molecule has 0 fully saturated rings. The minimum Gasteiger partial charge on any atom is -0.495 e. The van der Waals surface area contributed by atoms with Crippen LogP contribution in [0.2, 0.25) is 5.02 Å². The van der Waals surface area contributed by atoms with Crippen LogP contribution >= 0.6 is 11.6 Å². The third kappa shape index (κ3) is 4.74. The van der Waals surface area contributed by atoms with E-state index in [0.29, 0.717) is 22.0 Å². The Hall–Kier alpha value is -3.03. The van der Waals surface area contributed by atoms with Gasteiger partial charge in [-0.25, -0.2) is 8.42 Å². The number of nitrogens with one attached hydrogen (secondary N) is 1. The Balaban J connectivity index is 1.92. The summed E-state index contributed by atoms with van der Waals surface area (Å²) in [6.45, 7) is 3.58. The lowest BCUT2D eigenvalue weighted by Crippen LogP contribution is -2.29. The molecule has 168 valence electrons. The van der Waals surface area contributed by atoms with E-state index < -0.39 is 10.0 Å². The summed E-state index contributed by atoms with van der Waals surface area (Å²) in [5, 5.41) is 3.45. The van der Waals surface area contributed by atoms with Gasteiger partial charge >= 0.3 is 0 Å². The molecular formula is C24H25ClN2O4S. The Morgan fingerprint density at radius 2 is 1.72 bits per heavy atom. The molecule has 0 saturated heterocycles. The second kappa shape index (κ2) is 9.63. The van der Waals surface area contributed by atoms with Crippen molar-refractivity contribution in [2.45, 2.75) is 24.8 Å². The molecule has 1 N–H and O–H groups in total. The first-order valence-corrected chi connectivity index (χ1v) is 11.8. The van der Waals surface area contributed by atoms with Crippen LogP contribution in [0.15, 0.2) is 71.6 Å². The summed E-state index contributed by atoms with van der Waals surface area (Å²) < 4.78 is 33.0. The molecule has 6 nitrogen and oxygen atoms in total. The number of carbonyl (C=O) groups is 1. The van der Waals surface area contributed by atoms with Crippen molar-refractivity contribution < 1.29 is 17.9 Å². The van der Waals surface area contributed by atoms with E-state index in [4.69, 9.17) is 16.3 Å². The van der Waals surface area contributed by atoms with Gasteiger partial charge in [0.1, 0.15) is 5.75 Å². The first kappa shape index (κ1) is 23.6. The van der Waals surface area contributed by atoms with E-state index in [0.717, 1.165) is 9.87 Å². The molecule has 1 atom stereocenters. The van der Waals surface area contributed by atoms with Gasteiger partial charge in [-0.2, -0.15) is 0 Å². The van der Waals surface area contributed by atoms with Crippen LogP contribution in [-0.4, -0.2) is 28.5 Å². The van der Waals surface area contributed by atoms with Gasteiger partial charge in [-0.1, -0.05) is 48.0 Å². The van der Waals surface area contributed by atoms with E-state index in [9.17, 15) is 13.2 Å². The number of carbonyl (C=O) groups excluding carboxylic acids is 1. The molecule has 1 unspecified atom stereocenters. The van der Waals surface area contributed by atoms with E-state index in [1.54, 1.807) is 43.3 Å². The van der Waals surface area contributed by atoms with Crippen molar-refractivity contribution in [1.82, 2.24) is 5.32 Å². The molecule has 1 amide bonds. The van der Waals surface area contributed by atoms with E-state index in [-0.39, 0.29) is 22.4 Å². The third-order valence-electron chi connectivity index (χ3n) is 5.26. The van der Waals surface area contributed by atoms with Crippen molar-refractivity contribution in [3.05, 3.63) is 88.4 Å². The number of benzene rings is 3. The van der Waals surface area contributed by atoms with Gasteiger partial charge in [-0.05, 0) is 55.3 Å². The Labute approximate surface area is 193 Å². The maximum Gasteiger partial charge on any atom is 0.264 e. The van der Waals surface area contributed by atoms with Gasteiger partial charge in [0.2, 0.25) is 0 Å². The second-order valence-corrected chi connectivity index (χ2v) is 9.71. The number of methoxy groups -OCH3 is 1. The van der Waals surface area contributed by atoms with Crippen molar-refractivity contribution in [2.24, 2.45) is 0 Å². The van der Waals surface area contributed by atoms with Crippen molar-refractivity contribution >= 4 is 33.2 Å². The van der Waals surface area contributed by atoms with Gasteiger partial charge in [0.25, 0.3) is 15.9 Å². The molecule has 32 heavy (non-hydrogen) atoms. The highest BCUT2D eigenvalue weighted by Gasteiger charge is 2.25. The van der Waals surface area contributed by atoms with Crippen molar-refractivity contribution in [1.29, 1.82) is 0 Å². The summed E-state index contributed by atoms with van der Waals surface area (Å²) in [5.41, 5.74) is 2.11. The number of amides is 1. The Morgan fingerprint density at radius 1 is 1.06 bits per heavy atom. The van der Waals surface area contributed by atoms with E-state index >= 15 is 0 Å². The smallest absolute Gasteiger partial charge is 0.264 e. The SMILES string of the molecule is COc1ccccc1N(C)S(=O)(=O)c1ccc(C)c(C(=O)NC(C)c2ccccc2Cl)c1. The number of hydrogen-bond donors (Lipinski definition) is 1.